The van der Waals surface area contributed by atoms with Crippen LogP contribution >= 0.6 is 11.6 Å². The number of sulfonamides is 1. The van der Waals surface area contributed by atoms with Gasteiger partial charge in [-0.15, -0.1) is 0 Å². The maximum atomic E-state index is 14.6. The molecule has 0 saturated carbocycles. The van der Waals surface area contributed by atoms with E-state index in [4.69, 9.17) is 11.6 Å². The Labute approximate surface area is 278 Å². The van der Waals surface area contributed by atoms with Crippen LogP contribution in [0.4, 0.5) is 5.69 Å². The monoisotopic (exact) mass is 659 g/mol. The van der Waals surface area contributed by atoms with E-state index in [9.17, 15) is 18.0 Å². The van der Waals surface area contributed by atoms with Crippen LogP contribution in [0.25, 0.3) is 0 Å². The van der Waals surface area contributed by atoms with Gasteiger partial charge in [-0.1, -0.05) is 91.2 Å². The molecule has 46 heavy (non-hydrogen) atoms. The van der Waals surface area contributed by atoms with Crippen LogP contribution in [0.5, 0.6) is 0 Å². The Hall–Kier alpha value is -4.14. The highest BCUT2D eigenvalue weighted by atomic mass is 35.5. The van der Waals surface area contributed by atoms with E-state index in [2.05, 4.69) is 5.32 Å². The first-order chi connectivity index (χ1) is 22.0. The van der Waals surface area contributed by atoms with Crippen LogP contribution in [-0.2, 0) is 32.6 Å². The van der Waals surface area contributed by atoms with Crippen molar-refractivity contribution in [1.82, 2.24) is 10.2 Å². The Morgan fingerprint density at radius 1 is 0.826 bits per heavy atom. The lowest BCUT2D eigenvalue weighted by Gasteiger charge is -2.34. The zero-order valence-electron chi connectivity index (χ0n) is 26.9. The number of nitrogens with zero attached hydrogens (tertiary/aromatic N) is 2. The van der Waals surface area contributed by atoms with Gasteiger partial charge in [0.1, 0.15) is 12.6 Å². The summed E-state index contributed by atoms with van der Waals surface area (Å²) >= 11 is 6.08. The van der Waals surface area contributed by atoms with Gasteiger partial charge in [-0.3, -0.25) is 13.9 Å². The molecular formula is C37H42ClN3O4S. The smallest absolute Gasteiger partial charge is 0.264 e. The number of unbranched alkanes of at least 4 members (excludes halogenated alkanes) is 1. The largest absolute Gasteiger partial charge is 0.354 e. The van der Waals surface area contributed by atoms with Crippen LogP contribution in [0.1, 0.15) is 47.6 Å². The van der Waals surface area contributed by atoms with Gasteiger partial charge in [-0.2, -0.15) is 0 Å². The molecule has 7 nitrogen and oxygen atoms in total. The topological polar surface area (TPSA) is 86.8 Å². The van der Waals surface area contributed by atoms with Crippen molar-refractivity contribution < 1.29 is 18.0 Å². The summed E-state index contributed by atoms with van der Waals surface area (Å²) in [7, 11) is -4.20. The fraction of sp³-hybridized carbons (Fsp3) is 0.297. The van der Waals surface area contributed by atoms with Crippen LogP contribution in [0.15, 0.2) is 102 Å². The van der Waals surface area contributed by atoms with Crippen LogP contribution in [0, 0.1) is 20.8 Å². The lowest BCUT2D eigenvalue weighted by atomic mass is 10.0. The van der Waals surface area contributed by atoms with Crippen LogP contribution in [0.2, 0.25) is 5.02 Å². The van der Waals surface area contributed by atoms with Crippen LogP contribution in [0.3, 0.4) is 0 Å². The van der Waals surface area contributed by atoms with Crippen LogP contribution in [-0.4, -0.2) is 44.3 Å². The fourth-order valence-electron chi connectivity index (χ4n) is 5.21. The molecule has 4 aromatic carbocycles. The molecule has 0 heterocycles. The van der Waals surface area contributed by atoms with Gasteiger partial charge in [0.05, 0.1) is 10.6 Å². The van der Waals surface area contributed by atoms with E-state index in [1.165, 1.54) is 29.2 Å². The molecule has 0 aliphatic heterocycles. The van der Waals surface area contributed by atoms with Gasteiger partial charge >= 0.3 is 0 Å². The molecule has 0 aliphatic carbocycles. The van der Waals surface area contributed by atoms with Crippen molar-refractivity contribution in [3.63, 3.8) is 0 Å². The first kappa shape index (κ1) is 34.7. The average molecular weight is 660 g/mol. The number of halogens is 1. The number of aryl methyl sites for hydroxylation is 3. The van der Waals surface area contributed by atoms with Crippen molar-refractivity contribution in [1.29, 1.82) is 0 Å². The standard InChI is InChI=1S/C37H42ClN3O4S/c1-5-6-21-39-37(43)35(24-30-12-8-7-9-13-30)40(25-31-14-10-11-27(2)22-31)36(42)26-41(33-18-15-28(3)29(4)23-33)46(44,45)34-19-16-32(38)17-20-34/h7-20,22-23,35H,5-6,21,24-26H2,1-4H3,(H,39,43)/t35-/m0/s1. The number of benzene rings is 4. The minimum atomic E-state index is -4.20. The van der Waals surface area contributed by atoms with E-state index in [-0.39, 0.29) is 23.8 Å². The van der Waals surface area contributed by atoms with Gasteiger partial charge < -0.3 is 10.2 Å². The third-order valence-electron chi connectivity index (χ3n) is 8.00. The molecule has 0 unspecified atom stereocenters. The Balaban J connectivity index is 1.81. The fourth-order valence-corrected chi connectivity index (χ4v) is 6.74. The summed E-state index contributed by atoms with van der Waals surface area (Å²) < 4.78 is 29.5. The predicted octanol–water partition coefficient (Wildman–Crippen LogP) is 7.02. The first-order valence-corrected chi connectivity index (χ1v) is 17.3. The summed E-state index contributed by atoms with van der Waals surface area (Å²) in [5, 5.41) is 3.42. The summed E-state index contributed by atoms with van der Waals surface area (Å²) in [6, 6.07) is 27.6. The Morgan fingerprint density at radius 3 is 2.17 bits per heavy atom. The third kappa shape index (κ3) is 8.98. The first-order valence-electron chi connectivity index (χ1n) is 15.5. The minimum absolute atomic E-state index is 0.00584. The molecule has 0 bridgehead atoms. The summed E-state index contributed by atoms with van der Waals surface area (Å²) in [4.78, 5) is 30.0. The van der Waals surface area contributed by atoms with Gasteiger partial charge in [0.25, 0.3) is 10.0 Å². The molecule has 0 fully saturated rings. The molecule has 1 N–H and O–H groups in total. The predicted molar refractivity (Wildman–Crippen MR) is 185 cm³/mol. The molecule has 242 valence electrons. The Bertz CT molecular complexity index is 1740. The highest BCUT2D eigenvalue weighted by molar-refractivity contribution is 7.92. The number of hydrogen-bond donors (Lipinski definition) is 1. The van der Waals surface area contributed by atoms with E-state index in [0.29, 0.717) is 17.3 Å². The Kier molecular flexibility index (Phi) is 12.0. The van der Waals surface area contributed by atoms with E-state index in [1.54, 1.807) is 12.1 Å². The molecule has 1 atom stereocenters. The van der Waals surface area contributed by atoms with Crippen molar-refractivity contribution in [2.24, 2.45) is 0 Å². The van der Waals surface area contributed by atoms with E-state index in [0.717, 1.165) is 45.0 Å². The van der Waals surface area contributed by atoms with Crippen molar-refractivity contribution >= 4 is 39.1 Å². The summed E-state index contributed by atoms with van der Waals surface area (Å²) in [6.07, 6.45) is 1.97. The minimum Gasteiger partial charge on any atom is -0.354 e. The number of hydrogen-bond acceptors (Lipinski definition) is 4. The number of nitrogens with one attached hydrogen (secondary N) is 1. The maximum absolute atomic E-state index is 14.6. The molecule has 4 aromatic rings. The highest BCUT2D eigenvalue weighted by Crippen LogP contribution is 2.27. The molecule has 9 heteroatoms. The zero-order chi connectivity index (χ0) is 33.3. The number of amides is 2. The van der Waals surface area contributed by atoms with E-state index in [1.807, 2.05) is 88.4 Å². The molecule has 0 aromatic heterocycles. The van der Waals surface area contributed by atoms with E-state index < -0.39 is 28.5 Å². The third-order valence-corrected chi connectivity index (χ3v) is 10.0. The molecule has 4 rings (SSSR count). The van der Waals surface area contributed by atoms with Gasteiger partial charge in [-0.25, -0.2) is 8.42 Å². The SMILES string of the molecule is CCCCNC(=O)[C@H](Cc1ccccc1)N(Cc1cccc(C)c1)C(=O)CN(c1ccc(C)c(C)c1)S(=O)(=O)c1ccc(Cl)cc1. The summed E-state index contributed by atoms with van der Waals surface area (Å²) in [5.74, 6) is -0.777. The summed E-state index contributed by atoms with van der Waals surface area (Å²) in [5.41, 5.74) is 4.97. The lowest BCUT2D eigenvalue weighted by Crippen LogP contribution is -2.53. The molecule has 0 spiro atoms. The van der Waals surface area contributed by atoms with Crippen molar-refractivity contribution in [2.75, 3.05) is 17.4 Å². The number of anilines is 1. The average Bonchev–Trinajstić information content (AvgIpc) is 3.03. The molecular weight excluding hydrogens is 618 g/mol. The summed E-state index contributed by atoms with van der Waals surface area (Å²) in [6.45, 7) is 7.95. The van der Waals surface area contributed by atoms with E-state index >= 15 is 0 Å². The van der Waals surface area contributed by atoms with Crippen molar-refractivity contribution in [3.8, 4) is 0 Å². The second kappa shape index (κ2) is 15.9. The normalized spacial score (nSPS) is 11.9. The van der Waals surface area contributed by atoms with Gasteiger partial charge in [-0.05, 0) is 85.8 Å². The zero-order valence-corrected chi connectivity index (χ0v) is 28.4. The second-order valence-corrected chi connectivity index (χ2v) is 13.9. The number of carbonyl (C=O) groups excluding carboxylic acids is 2. The Morgan fingerprint density at radius 2 is 1.52 bits per heavy atom. The lowest BCUT2D eigenvalue weighted by molar-refractivity contribution is -0.140. The molecule has 2 amide bonds. The van der Waals surface area contributed by atoms with Gasteiger partial charge in [0.2, 0.25) is 11.8 Å². The highest BCUT2D eigenvalue weighted by Gasteiger charge is 2.34. The molecule has 0 saturated heterocycles. The van der Waals surface area contributed by atoms with Gasteiger partial charge in [0.15, 0.2) is 0 Å². The quantitative estimate of drug-likeness (QED) is 0.148. The maximum Gasteiger partial charge on any atom is 0.264 e. The number of carbonyl (C=O) groups is 2. The van der Waals surface area contributed by atoms with Crippen LogP contribution < -0.4 is 9.62 Å². The molecule has 0 aliphatic rings. The molecule has 0 radical (unpaired) electrons. The van der Waals surface area contributed by atoms with Crippen molar-refractivity contribution in [2.45, 2.75) is 64.4 Å². The van der Waals surface area contributed by atoms with Crippen molar-refractivity contribution in [3.05, 3.63) is 130 Å². The second-order valence-electron chi connectivity index (χ2n) is 11.6. The van der Waals surface area contributed by atoms with Gasteiger partial charge in [0, 0.05) is 24.5 Å². The number of rotatable bonds is 14.